The molecule has 0 heterocycles. The molecular formula is C11H24N2O2. The zero-order valence-corrected chi connectivity index (χ0v) is 10.6. The lowest BCUT2D eigenvalue weighted by atomic mass is 10.0. The fourth-order valence-corrected chi connectivity index (χ4v) is 1.55. The van der Waals surface area contributed by atoms with Crippen molar-refractivity contribution in [2.45, 2.75) is 32.7 Å². The van der Waals surface area contributed by atoms with Gasteiger partial charge in [0.1, 0.15) is 5.54 Å². The molecule has 0 aromatic rings. The summed E-state index contributed by atoms with van der Waals surface area (Å²) in [6.07, 6.45) is 0.998. The summed E-state index contributed by atoms with van der Waals surface area (Å²) >= 11 is 0. The number of hydrogen-bond acceptors (Lipinski definition) is 3. The van der Waals surface area contributed by atoms with Crippen molar-refractivity contribution in [3.63, 3.8) is 0 Å². The molecule has 0 aliphatic rings. The minimum atomic E-state index is -0.763. The van der Waals surface area contributed by atoms with Crippen LogP contribution in [-0.2, 0) is 4.79 Å². The van der Waals surface area contributed by atoms with E-state index in [1.165, 1.54) is 0 Å². The summed E-state index contributed by atoms with van der Waals surface area (Å²) in [6.45, 7) is 8.11. The molecule has 0 rings (SSSR count). The van der Waals surface area contributed by atoms with Crippen LogP contribution in [0.25, 0.3) is 0 Å². The van der Waals surface area contributed by atoms with Crippen molar-refractivity contribution >= 4 is 5.97 Å². The number of rotatable bonds is 7. The first-order valence-corrected chi connectivity index (χ1v) is 5.45. The number of hydrogen-bond donors (Lipinski definition) is 1. The molecule has 0 bridgehead atoms. The minimum absolute atomic E-state index is 0.755. The van der Waals surface area contributed by atoms with Crippen LogP contribution < -0.4 is 0 Å². The van der Waals surface area contributed by atoms with Crippen molar-refractivity contribution < 1.29 is 9.90 Å². The van der Waals surface area contributed by atoms with Gasteiger partial charge < -0.3 is 10.0 Å². The Morgan fingerprint density at radius 3 is 2.13 bits per heavy atom. The first-order chi connectivity index (χ1) is 6.82. The van der Waals surface area contributed by atoms with Gasteiger partial charge in [-0.2, -0.15) is 0 Å². The number of likely N-dealkylation sites (N-methyl/N-ethyl adjacent to an activating group) is 1. The molecule has 0 fully saturated rings. The van der Waals surface area contributed by atoms with Crippen LogP contribution in [0.4, 0.5) is 0 Å². The minimum Gasteiger partial charge on any atom is -0.480 e. The second-order valence-electron chi connectivity index (χ2n) is 4.60. The van der Waals surface area contributed by atoms with E-state index in [4.69, 9.17) is 5.11 Å². The van der Waals surface area contributed by atoms with Crippen molar-refractivity contribution in [2.75, 3.05) is 33.7 Å². The van der Waals surface area contributed by atoms with Crippen LogP contribution in [0.2, 0.25) is 0 Å². The van der Waals surface area contributed by atoms with E-state index in [0.29, 0.717) is 0 Å². The summed E-state index contributed by atoms with van der Waals surface area (Å²) in [5, 5.41) is 9.10. The van der Waals surface area contributed by atoms with Crippen LogP contribution >= 0.6 is 0 Å². The highest BCUT2D eigenvalue weighted by Crippen LogP contribution is 2.14. The SMILES string of the molecule is CCN(CCCN(C)C)C(C)(C)C(=O)O. The van der Waals surface area contributed by atoms with E-state index in [2.05, 4.69) is 4.90 Å². The molecule has 0 aromatic carbocycles. The Kier molecular flexibility index (Phi) is 5.83. The molecule has 1 N–H and O–H groups in total. The first-order valence-electron chi connectivity index (χ1n) is 5.45. The largest absolute Gasteiger partial charge is 0.480 e. The third-order valence-electron chi connectivity index (χ3n) is 2.73. The lowest BCUT2D eigenvalue weighted by Crippen LogP contribution is -2.50. The quantitative estimate of drug-likeness (QED) is 0.692. The van der Waals surface area contributed by atoms with Crippen LogP contribution in [0.15, 0.2) is 0 Å². The molecule has 0 saturated heterocycles. The molecule has 0 spiro atoms. The average Bonchev–Trinajstić information content (AvgIpc) is 2.11. The molecule has 15 heavy (non-hydrogen) atoms. The van der Waals surface area contributed by atoms with Crippen LogP contribution in [0, 0.1) is 0 Å². The number of nitrogens with zero attached hydrogens (tertiary/aromatic N) is 2. The Bertz CT molecular complexity index is 203. The third-order valence-corrected chi connectivity index (χ3v) is 2.73. The third kappa shape index (κ3) is 4.62. The van der Waals surface area contributed by atoms with Crippen molar-refractivity contribution in [2.24, 2.45) is 0 Å². The molecule has 0 atom stereocenters. The lowest BCUT2D eigenvalue weighted by molar-refractivity contribution is -0.149. The average molecular weight is 216 g/mol. The van der Waals surface area contributed by atoms with E-state index >= 15 is 0 Å². The molecule has 0 radical (unpaired) electrons. The standard InChI is InChI=1S/C11H24N2O2/c1-6-13(9-7-8-12(4)5)11(2,3)10(14)15/h6-9H2,1-5H3,(H,14,15). The second-order valence-corrected chi connectivity index (χ2v) is 4.60. The van der Waals surface area contributed by atoms with E-state index < -0.39 is 11.5 Å². The van der Waals surface area contributed by atoms with Gasteiger partial charge in [0.25, 0.3) is 0 Å². The van der Waals surface area contributed by atoms with Crippen molar-refractivity contribution in [3.8, 4) is 0 Å². The van der Waals surface area contributed by atoms with Crippen molar-refractivity contribution in [3.05, 3.63) is 0 Å². The predicted molar refractivity (Wildman–Crippen MR) is 62.1 cm³/mol. The summed E-state index contributed by atoms with van der Waals surface area (Å²) in [7, 11) is 4.05. The number of aliphatic carboxylic acids is 1. The van der Waals surface area contributed by atoms with Crippen LogP contribution in [0.1, 0.15) is 27.2 Å². The van der Waals surface area contributed by atoms with Crippen LogP contribution in [-0.4, -0.2) is 60.1 Å². The van der Waals surface area contributed by atoms with Gasteiger partial charge in [-0.1, -0.05) is 6.92 Å². The van der Waals surface area contributed by atoms with E-state index in [-0.39, 0.29) is 0 Å². The normalized spacial score (nSPS) is 12.5. The zero-order valence-electron chi connectivity index (χ0n) is 10.6. The fourth-order valence-electron chi connectivity index (χ4n) is 1.55. The van der Waals surface area contributed by atoms with E-state index in [9.17, 15) is 4.79 Å². The second kappa shape index (κ2) is 6.08. The highest BCUT2D eigenvalue weighted by atomic mass is 16.4. The Morgan fingerprint density at radius 2 is 1.80 bits per heavy atom. The molecule has 4 nitrogen and oxygen atoms in total. The smallest absolute Gasteiger partial charge is 0.323 e. The van der Waals surface area contributed by atoms with Gasteiger partial charge in [0.05, 0.1) is 0 Å². The highest BCUT2D eigenvalue weighted by Gasteiger charge is 2.32. The van der Waals surface area contributed by atoms with Gasteiger partial charge in [-0.3, -0.25) is 9.69 Å². The monoisotopic (exact) mass is 216 g/mol. The zero-order chi connectivity index (χ0) is 12.1. The van der Waals surface area contributed by atoms with Gasteiger partial charge in [0.15, 0.2) is 0 Å². The molecule has 0 aliphatic heterocycles. The summed E-state index contributed by atoms with van der Waals surface area (Å²) in [5.74, 6) is -0.755. The summed E-state index contributed by atoms with van der Waals surface area (Å²) in [4.78, 5) is 15.2. The topological polar surface area (TPSA) is 43.8 Å². The van der Waals surface area contributed by atoms with Crippen LogP contribution in [0.3, 0.4) is 0 Å². The van der Waals surface area contributed by atoms with Gasteiger partial charge >= 0.3 is 5.97 Å². The van der Waals surface area contributed by atoms with Gasteiger partial charge in [-0.25, -0.2) is 0 Å². The van der Waals surface area contributed by atoms with E-state index in [0.717, 1.165) is 26.1 Å². The summed E-state index contributed by atoms with van der Waals surface area (Å²) < 4.78 is 0. The van der Waals surface area contributed by atoms with Gasteiger partial charge in [0.2, 0.25) is 0 Å². The molecule has 0 aliphatic carbocycles. The Hall–Kier alpha value is -0.610. The Labute approximate surface area is 92.9 Å². The van der Waals surface area contributed by atoms with E-state index in [1.54, 1.807) is 13.8 Å². The number of carboxylic acid groups (broad SMARTS) is 1. The predicted octanol–water partition coefficient (Wildman–Crippen LogP) is 1.12. The fraction of sp³-hybridized carbons (Fsp3) is 0.909. The molecule has 90 valence electrons. The number of carboxylic acids is 1. The molecule has 0 amide bonds. The lowest BCUT2D eigenvalue weighted by Gasteiger charge is -2.34. The Morgan fingerprint density at radius 1 is 1.27 bits per heavy atom. The summed E-state index contributed by atoms with van der Waals surface area (Å²) in [5.41, 5.74) is -0.763. The van der Waals surface area contributed by atoms with Crippen molar-refractivity contribution in [1.29, 1.82) is 0 Å². The molecular weight excluding hydrogens is 192 g/mol. The first kappa shape index (κ1) is 14.4. The van der Waals surface area contributed by atoms with Gasteiger partial charge in [-0.05, 0) is 47.5 Å². The maximum absolute atomic E-state index is 11.1. The highest BCUT2D eigenvalue weighted by molar-refractivity contribution is 5.77. The van der Waals surface area contributed by atoms with Gasteiger partial charge in [0, 0.05) is 6.54 Å². The number of carbonyl (C=O) groups is 1. The molecule has 0 saturated carbocycles. The Balaban J connectivity index is 4.18. The van der Waals surface area contributed by atoms with Crippen molar-refractivity contribution in [1.82, 2.24) is 9.80 Å². The van der Waals surface area contributed by atoms with E-state index in [1.807, 2.05) is 25.9 Å². The molecule has 0 aromatic heterocycles. The molecule has 4 heteroatoms. The summed E-state index contributed by atoms with van der Waals surface area (Å²) in [6, 6.07) is 0. The maximum Gasteiger partial charge on any atom is 0.323 e. The molecule has 0 unspecified atom stereocenters. The van der Waals surface area contributed by atoms with Gasteiger partial charge in [-0.15, -0.1) is 0 Å². The maximum atomic E-state index is 11.1. The van der Waals surface area contributed by atoms with Crippen LogP contribution in [0.5, 0.6) is 0 Å².